The zero-order valence-corrected chi connectivity index (χ0v) is 13.1. The number of amides is 1. The number of carboxylic acids is 1. The number of carbonyl (C=O) groups is 2. The molecule has 1 saturated heterocycles. The van der Waals surface area contributed by atoms with Crippen molar-refractivity contribution in [1.29, 1.82) is 0 Å². The standard InChI is InChI=1S/C16H17NO4S/c1-10-5-6-12(21-10)13-7-8-14(22-13)15(18)17-9-3-2-4-11(17)16(19)20/h5-8,11H,2-4,9H2,1H3,(H,19,20). The van der Waals surface area contributed by atoms with Crippen LogP contribution in [0.1, 0.15) is 34.7 Å². The molecule has 1 N–H and O–H groups in total. The van der Waals surface area contributed by atoms with E-state index in [2.05, 4.69) is 0 Å². The Morgan fingerprint density at radius 3 is 2.77 bits per heavy atom. The van der Waals surface area contributed by atoms with Gasteiger partial charge in [-0.15, -0.1) is 11.3 Å². The van der Waals surface area contributed by atoms with Gasteiger partial charge in [0.05, 0.1) is 9.75 Å². The zero-order valence-electron chi connectivity index (χ0n) is 12.2. The monoisotopic (exact) mass is 319 g/mol. The Kier molecular flexibility index (Phi) is 4.02. The van der Waals surface area contributed by atoms with Crippen molar-refractivity contribution in [2.75, 3.05) is 6.54 Å². The number of hydrogen-bond acceptors (Lipinski definition) is 4. The topological polar surface area (TPSA) is 70.8 Å². The van der Waals surface area contributed by atoms with E-state index >= 15 is 0 Å². The van der Waals surface area contributed by atoms with Crippen LogP contribution in [0.15, 0.2) is 28.7 Å². The lowest BCUT2D eigenvalue weighted by molar-refractivity contribution is -0.143. The normalized spacial score (nSPS) is 18.4. The average Bonchev–Trinajstić information content (AvgIpc) is 3.15. The smallest absolute Gasteiger partial charge is 0.326 e. The molecule has 1 aliphatic rings. The Labute approximate surface area is 132 Å². The molecule has 0 bridgehead atoms. The number of nitrogens with zero attached hydrogens (tertiary/aromatic N) is 1. The molecular formula is C16H17NO4S. The molecule has 22 heavy (non-hydrogen) atoms. The van der Waals surface area contributed by atoms with Gasteiger partial charge in [0.15, 0.2) is 0 Å². The molecule has 116 valence electrons. The van der Waals surface area contributed by atoms with Crippen molar-refractivity contribution in [3.63, 3.8) is 0 Å². The maximum atomic E-state index is 12.6. The van der Waals surface area contributed by atoms with Crippen LogP contribution < -0.4 is 0 Å². The van der Waals surface area contributed by atoms with Crippen LogP contribution in [0, 0.1) is 6.92 Å². The zero-order chi connectivity index (χ0) is 15.7. The minimum absolute atomic E-state index is 0.202. The summed E-state index contributed by atoms with van der Waals surface area (Å²) >= 11 is 1.34. The Bertz CT molecular complexity index is 703. The molecule has 0 aliphatic carbocycles. The lowest BCUT2D eigenvalue weighted by Crippen LogP contribution is -2.47. The van der Waals surface area contributed by atoms with Crippen molar-refractivity contribution in [3.8, 4) is 10.6 Å². The number of rotatable bonds is 3. The second-order valence-electron chi connectivity index (χ2n) is 5.42. The maximum Gasteiger partial charge on any atom is 0.326 e. The van der Waals surface area contributed by atoms with Crippen molar-refractivity contribution in [2.45, 2.75) is 32.2 Å². The van der Waals surface area contributed by atoms with Gasteiger partial charge in [-0.05, 0) is 50.5 Å². The summed E-state index contributed by atoms with van der Waals surface area (Å²) in [5.41, 5.74) is 0. The van der Waals surface area contributed by atoms with Crippen LogP contribution >= 0.6 is 11.3 Å². The van der Waals surface area contributed by atoms with Crippen LogP contribution in [0.4, 0.5) is 0 Å². The number of piperidine rings is 1. The summed E-state index contributed by atoms with van der Waals surface area (Å²) < 4.78 is 5.56. The number of thiophene rings is 1. The molecule has 0 spiro atoms. The van der Waals surface area contributed by atoms with Gasteiger partial charge in [-0.1, -0.05) is 0 Å². The van der Waals surface area contributed by atoms with Crippen LogP contribution in [0.5, 0.6) is 0 Å². The van der Waals surface area contributed by atoms with Gasteiger partial charge in [-0.2, -0.15) is 0 Å². The van der Waals surface area contributed by atoms with Crippen LogP contribution in [0.3, 0.4) is 0 Å². The second-order valence-corrected chi connectivity index (χ2v) is 6.51. The van der Waals surface area contributed by atoms with Gasteiger partial charge in [0.2, 0.25) is 0 Å². The van der Waals surface area contributed by atoms with Crippen molar-refractivity contribution in [3.05, 3.63) is 34.9 Å². The first-order valence-electron chi connectivity index (χ1n) is 7.26. The SMILES string of the molecule is Cc1ccc(-c2ccc(C(=O)N3CCCCC3C(=O)O)s2)o1. The molecule has 0 saturated carbocycles. The minimum Gasteiger partial charge on any atom is -0.480 e. The number of carboxylic acid groups (broad SMARTS) is 1. The van der Waals surface area contributed by atoms with Crippen molar-refractivity contribution >= 4 is 23.2 Å². The van der Waals surface area contributed by atoms with Crippen molar-refractivity contribution < 1.29 is 19.1 Å². The third-order valence-corrected chi connectivity index (χ3v) is 4.94. The summed E-state index contributed by atoms with van der Waals surface area (Å²) in [6.45, 7) is 2.37. The molecule has 1 unspecified atom stereocenters. The Balaban J connectivity index is 1.83. The molecule has 0 radical (unpaired) electrons. The molecule has 6 heteroatoms. The second kappa shape index (κ2) is 5.96. The molecule has 1 amide bonds. The first-order chi connectivity index (χ1) is 10.6. The first kappa shape index (κ1) is 14.8. The molecule has 1 aliphatic heterocycles. The van der Waals surface area contributed by atoms with Crippen LogP contribution in [0.25, 0.3) is 10.6 Å². The summed E-state index contributed by atoms with van der Waals surface area (Å²) in [5.74, 6) is 0.423. The summed E-state index contributed by atoms with van der Waals surface area (Å²) in [6.07, 6.45) is 2.23. The number of aliphatic carboxylic acids is 1. The van der Waals surface area contributed by atoms with E-state index in [0.29, 0.717) is 17.8 Å². The predicted molar refractivity (Wildman–Crippen MR) is 83.1 cm³/mol. The maximum absolute atomic E-state index is 12.6. The molecule has 1 atom stereocenters. The average molecular weight is 319 g/mol. The molecule has 5 nitrogen and oxygen atoms in total. The highest BCUT2D eigenvalue weighted by molar-refractivity contribution is 7.17. The molecular weight excluding hydrogens is 302 g/mol. The van der Waals surface area contributed by atoms with E-state index in [4.69, 9.17) is 4.42 Å². The summed E-state index contributed by atoms with van der Waals surface area (Å²) in [7, 11) is 0. The lowest BCUT2D eigenvalue weighted by atomic mass is 10.0. The van der Waals surface area contributed by atoms with E-state index in [-0.39, 0.29) is 5.91 Å². The summed E-state index contributed by atoms with van der Waals surface area (Å²) in [6, 6.07) is 6.62. The summed E-state index contributed by atoms with van der Waals surface area (Å²) in [4.78, 5) is 26.8. The Hall–Kier alpha value is -2.08. The van der Waals surface area contributed by atoms with Crippen LogP contribution in [-0.2, 0) is 4.79 Å². The van der Waals surface area contributed by atoms with E-state index in [0.717, 1.165) is 29.2 Å². The van der Waals surface area contributed by atoms with E-state index in [1.165, 1.54) is 16.2 Å². The molecule has 3 heterocycles. The highest BCUT2D eigenvalue weighted by atomic mass is 32.1. The third kappa shape index (κ3) is 2.78. The largest absolute Gasteiger partial charge is 0.480 e. The van der Waals surface area contributed by atoms with Crippen LogP contribution in [-0.4, -0.2) is 34.5 Å². The van der Waals surface area contributed by atoms with E-state index in [1.54, 1.807) is 6.07 Å². The van der Waals surface area contributed by atoms with Gasteiger partial charge >= 0.3 is 5.97 Å². The molecule has 2 aromatic rings. The fourth-order valence-corrected chi connectivity index (χ4v) is 3.65. The number of likely N-dealkylation sites (tertiary alicyclic amines) is 1. The van der Waals surface area contributed by atoms with Gasteiger partial charge in [-0.25, -0.2) is 4.79 Å². The van der Waals surface area contributed by atoms with Crippen LogP contribution in [0.2, 0.25) is 0 Å². The van der Waals surface area contributed by atoms with Gasteiger partial charge in [0, 0.05) is 6.54 Å². The fraction of sp³-hybridized carbons (Fsp3) is 0.375. The molecule has 3 rings (SSSR count). The van der Waals surface area contributed by atoms with E-state index in [9.17, 15) is 14.7 Å². The highest BCUT2D eigenvalue weighted by Crippen LogP contribution is 2.31. The van der Waals surface area contributed by atoms with E-state index in [1.807, 2.05) is 25.1 Å². The molecule has 1 fully saturated rings. The molecule has 2 aromatic heterocycles. The predicted octanol–water partition coefficient (Wildman–Crippen LogP) is 3.40. The molecule has 0 aromatic carbocycles. The Morgan fingerprint density at radius 1 is 1.27 bits per heavy atom. The van der Waals surface area contributed by atoms with Gasteiger partial charge in [-0.3, -0.25) is 4.79 Å². The third-order valence-electron chi connectivity index (χ3n) is 3.85. The lowest BCUT2D eigenvalue weighted by Gasteiger charge is -2.32. The van der Waals surface area contributed by atoms with E-state index < -0.39 is 12.0 Å². The van der Waals surface area contributed by atoms with Gasteiger partial charge in [0.1, 0.15) is 17.6 Å². The number of aryl methyl sites for hydroxylation is 1. The quantitative estimate of drug-likeness (QED) is 0.941. The fourth-order valence-electron chi connectivity index (χ4n) is 2.73. The van der Waals surface area contributed by atoms with Crippen molar-refractivity contribution in [2.24, 2.45) is 0 Å². The number of carbonyl (C=O) groups excluding carboxylic acids is 1. The summed E-state index contributed by atoms with van der Waals surface area (Å²) in [5, 5.41) is 9.28. The minimum atomic E-state index is -0.925. The van der Waals surface area contributed by atoms with Gasteiger partial charge in [0.25, 0.3) is 5.91 Å². The van der Waals surface area contributed by atoms with Gasteiger partial charge < -0.3 is 14.4 Å². The number of furan rings is 1. The number of hydrogen-bond donors (Lipinski definition) is 1. The Morgan fingerprint density at radius 2 is 2.09 bits per heavy atom. The van der Waals surface area contributed by atoms with Crippen molar-refractivity contribution in [1.82, 2.24) is 4.90 Å². The first-order valence-corrected chi connectivity index (χ1v) is 8.08. The highest BCUT2D eigenvalue weighted by Gasteiger charge is 2.33.